The van der Waals surface area contributed by atoms with Crippen LogP contribution in [-0.4, -0.2) is 40.3 Å². The number of likely N-dealkylation sites (tertiary alicyclic amines) is 1. The molecule has 6 heteroatoms. The Morgan fingerprint density at radius 2 is 1.62 bits per heavy atom. The zero-order valence-corrected chi connectivity index (χ0v) is 17.5. The number of carbonyl (C=O) groups is 1. The Morgan fingerprint density at radius 3 is 2.24 bits per heavy atom. The first-order valence-corrected chi connectivity index (χ1v) is 10.1. The SMILES string of the molecule is COc1ccc(CNC(=O)C2CC[NH+](Cc3ccc(OC)cc3OC)CC2)cc1. The Kier molecular flexibility index (Phi) is 7.36. The van der Waals surface area contributed by atoms with Crippen LogP contribution in [0.4, 0.5) is 0 Å². The van der Waals surface area contributed by atoms with Crippen LogP contribution in [0.2, 0.25) is 0 Å². The third kappa shape index (κ3) is 5.64. The monoisotopic (exact) mass is 399 g/mol. The number of hydrogen-bond acceptors (Lipinski definition) is 4. The molecule has 0 saturated carbocycles. The molecule has 3 rings (SSSR count). The molecule has 1 heterocycles. The van der Waals surface area contributed by atoms with E-state index in [1.54, 1.807) is 21.3 Å². The molecule has 156 valence electrons. The molecule has 0 spiro atoms. The van der Waals surface area contributed by atoms with Crippen molar-refractivity contribution in [1.82, 2.24) is 5.32 Å². The number of rotatable bonds is 8. The molecular formula is C23H31N2O4+. The predicted octanol–water partition coefficient (Wildman–Crippen LogP) is 1.82. The number of piperidine rings is 1. The second-order valence-electron chi connectivity index (χ2n) is 7.44. The predicted molar refractivity (Wildman–Crippen MR) is 112 cm³/mol. The lowest BCUT2D eigenvalue weighted by molar-refractivity contribution is -0.919. The van der Waals surface area contributed by atoms with Gasteiger partial charge in [-0.05, 0) is 29.8 Å². The summed E-state index contributed by atoms with van der Waals surface area (Å²) < 4.78 is 15.9. The van der Waals surface area contributed by atoms with Gasteiger partial charge in [-0.2, -0.15) is 0 Å². The molecule has 0 bridgehead atoms. The van der Waals surface area contributed by atoms with Crippen LogP contribution in [0.5, 0.6) is 17.2 Å². The van der Waals surface area contributed by atoms with Crippen molar-refractivity contribution in [3.05, 3.63) is 53.6 Å². The van der Waals surface area contributed by atoms with E-state index in [0.29, 0.717) is 6.54 Å². The summed E-state index contributed by atoms with van der Waals surface area (Å²) in [5.74, 6) is 2.73. The first-order valence-electron chi connectivity index (χ1n) is 10.1. The van der Waals surface area contributed by atoms with E-state index in [9.17, 15) is 4.79 Å². The van der Waals surface area contributed by atoms with Crippen LogP contribution in [0, 0.1) is 5.92 Å². The zero-order valence-electron chi connectivity index (χ0n) is 17.5. The maximum absolute atomic E-state index is 12.6. The van der Waals surface area contributed by atoms with Crippen LogP contribution < -0.4 is 24.4 Å². The highest BCUT2D eigenvalue weighted by atomic mass is 16.5. The first-order chi connectivity index (χ1) is 14.1. The van der Waals surface area contributed by atoms with Gasteiger partial charge in [0.25, 0.3) is 0 Å². The molecule has 1 saturated heterocycles. The van der Waals surface area contributed by atoms with E-state index in [1.807, 2.05) is 36.4 Å². The molecule has 2 aromatic carbocycles. The van der Waals surface area contributed by atoms with Crippen molar-refractivity contribution in [1.29, 1.82) is 0 Å². The van der Waals surface area contributed by atoms with Crippen LogP contribution in [0.1, 0.15) is 24.0 Å². The summed E-state index contributed by atoms with van der Waals surface area (Å²) in [6, 6.07) is 13.7. The van der Waals surface area contributed by atoms with Gasteiger partial charge < -0.3 is 24.4 Å². The number of benzene rings is 2. The lowest BCUT2D eigenvalue weighted by Crippen LogP contribution is -3.11. The van der Waals surface area contributed by atoms with Gasteiger partial charge in [0.2, 0.25) is 5.91 Å². The lowest BCUT2D eigenvalue weighted by Gasteiger charge is -2.29. The summed E-state index contributed by atoms with van der Waals surface area (Å²) in [7, 11) is 4.99. The standard InChI is InChI=1S/C23H30N2O4/c1-27-20-7-4-17(5-8-20)15-24-23(26)18-10-12-25(13-11-18)16-19-6-9-21(28-2)14-22(19)29-3/h4-9,14,18H,10-13,15-16H2,1-3H3,(H,24,26)/p+1. The van der Waals surface area contributed by atoms with Gasteiger partial charge in [0.1, 0.15) is 23.8 Å². The second-order valence-corrected chi connectivity index (χ2v) is 7.44. The van der Waals surface area contributed by atoms with Crippen LogP contribution in [0.15, 0.2) is 42.5 Å². The third-order valence-corrected chi connectivity index (χ3v) is 5.62. The molecule has 0 radical (unpaired) electrons. The fraction of sp³-hybridized carbons (Fsp3) is 0.435. The number of ether oxygens (including phenoxy) is 3. The highest BCUT2D eigenvalue weighted by molar-refractivity contribution is 5.78. The molecule has 0 atom stereocenters. The van der Waals surface area contributed by atoms with E-state index in [-0.39, 0.29) is 11.8 Å². The van der Waals surface area contributed by atoms with Crippen LogP contribution >= 0.6 is 0 Å². The number of methoxy groups -OCH3 is 3. The maximum atomic E-state index is 12.6. The smallest absolute Gasteiger partial charge is 0.223 e. The molecule has 1 fully saturated rings. The van der Waals surface area contributed by atoms with E-state index in [1.165, 1.54) is 10.5 Å². The zero-order chi connectivity index (χ0) is 20.6. The summed E-state index contributed by atoms with van der Waals surface area (Å²) >= 11 is 0. The highest BCUT2D eigenvalue weighted by Crippen LogP contribution is 2.24. The largest absolute Gasteiger partial charge is 0.497 e. The molecule has 0 aromatic heterocycles. The van der Waals surface area contributed by atoms with Crippen LogP contribution in [0.25, 0.3) is 0 Å². The van der Waals surface area contributed by atoms with Gasteiger partial charge in [-0.3, -0.25) is 4.79 Å². The number of nitrogens with one attached hydrogen (secondary N) is 2. The fourth-order valence-corrected chi connectivity index (χ4v) is 3.81. The van der Waals surface area contributed by atoms with Crippen molar-refractivity contribution < 1.29 is 23.9 Å². The van der Waals surface area contributed by atoms with Crippen molar-refractivity contribution in [3.63, 3.8) is 0 Å². The average molecular weight is 400 g/mol. The molecule has 2 N–H and O–H groups in total. The van der Waals surface area contributed by atoms with Gasteiger partial charge in [0.15, 0.2) is 0 Å². The summed E-state index contributed by atoms with van der Waals surface area (Å²) in [6.07, 6.45) is 1.81. The topological polar surface area (TPSA) is 61.2 Å². The van der Waals surface area contributed by atoms with Crippen LogP contribution in [-0.2, 0) is 17.9 Å². The third-order valence-electron chi connectivity index (χ3n) is 5.62. The maximum Gasteiger partial charge on any atom is 0.223 e. The quantitative estimate of drug-likeness (QED) is 0.711. The van der Waals surface area contributed by atoms with E-state index < -0.39 is 0 Å². The van der Waals surface area contributed by atoms with Gasteiger partial charge in [-0.25, -0.2) is 0 Å². The van der Waals surface area contributed by atoms with Gasteiger partial charge in [-0.15, -0.1) is 0 Å². The van der Waals surface area contributed by atoms with Gasteiger partial charge in [-0.1, -0.05) is 12.1 Å². The van der Waals surface area contributed by atoms with Gasteiger partial charge in [0, 0.05) is 36.9 Å². The molecule has 1 amide bonds. The molecule has 0 unspecified atom stereocenters. The van der Waals surface area contributed by atoms with E-state index in [2.05, 4.69) is 11.4 Å². The molecule has 1 aliphatic heterocycles. The van der Waals surface area contributed by atoms with E-state index in [0.717, 1.165) is 55.3 Å². The van der Waals surface area contributed by atoms with Gasteiger partial charge >= 0.3 is 0 Å². The highest BCUT2D eigenvalue weighted by Gasteiger charge is 2.27. The Bertz CT molecular complexity index is 799. The lowest BCUT2D eigenvalue weighted by atomic mass is 9.95. The minimum atomic E-state index is 0.0924. The summed E-state index contributed by atoms with van der Waals surface area (Å²) in [5.41, 5.74) is 2.25. The number of quaternary nitrogens is 1. The van der Waals surface area contributed by atoms with Crippen LogP contribution in [0.3, 0.4) is 0 Å². The number of carbonyl (C=O) groups excluding carboxylic acids is 1. The van der Waals surface area contributed by atoms with Crippen molar-refractivity contribution >= 4 is 5.91 Å². The first kappa shape index (κ1) is 21.0. The molecule has 6 nitrogen and oxygen atoms in total. The summed E-state index contributed by atoms with van der Waals surface area (Å²) in [4.78, 5) is 14.0. The second kappa shape index (κ2) is 10.2. The minimum absolute atomic E-state index is 0.0924. The normalized spacial score (nSPS) is 18.7. The molecule has 1 aliphatic rings. The average Bonchev–Trinajstić information content (AvgIpc) is 2.78. The molecule has 0 aliphatic carbocycles. The molecular weight excluding hydrogens is 368 g/mol. The summed E-state index contributed by atoms with van der Waals surface area (Å²) in [5, 5.41) is 3.08. The van der Waals surface area contributed by atoms with Crippen molar-refractivity contribution in [3.8, 4) is 17.2 Å². The minimum Gasteiger partial charge on any atom is -0.497 e. The molecule has 29 heavy (non-hydrogen) atoms. The van der Waals surface area contributed by atoms with Crippen molar-refractivity contribution in [2.75, 3.05) is 34.4 Å². The Balaban J connectivity index is 1.46. The Labute approximate surface area is 172 Å². The van der Waals surface area contributed by atoms with Crippen molar-refractivity contribution in [2.24, 2.45) is 5.92 Å². The molecule has 2 aromatic rings. The Hall–Kier alpha value is -2.73. The van der Waals surface area contributed by atoms with E-state index >= 15 is 0 Å². The van der Waals surface area contributed by atoms with Crippen molar-refractivity contribution in [2.45, 2.75) is 25.9 Å². The van der Waals surface area contributed by atoms with E-state index in [4.69, 9.17) is 14.2 Å². The fourth-order valence-electron chi connectivity index (χ4n) is 3.81. The van der Waals surface area contributed by atoms with Gasteiger partial charge in [0.05, 0.1) is 34.4 Å². The Morgan fingerprint density at radius 1 is 0.966 bits per heavy atom. The number of amides is 1. The summed E-state index contributed by atoms with van der Waals surface area (Å²) in [6.45, 7) is 3.41. The number of hydrogen-bond donors (Lipinski definition) is 2.